The molecular formula is C14H20N4. The van der Waals surface area contributed by atoms with Crippen LogP contribution in [0.25, 0.3) is 5.65 Å². The summed E-state index contributed by atoms with van der Waals surface area (Å²) in [5.74, 6) is 0. The molecule has 1 aliphatic rings. The molecule has 2 aromatic rings. The van der Waals surface area contributed by atoms with Crippen molar-refractivity contribution in [1.82, 2.24) is 19.9 Å². The first-order chi connectivity index (χ1) is 8.52. The summed E-state index contributed by atoms with van der Waals surface area (Å²) in [7, 11) is 0. The van der Waals surface area contributed by atoms with Gasteiger partial charge in [-0.25, -0.2) is 9.50 Å². The maximum absolute atomic E-state index is 4.61. The summed E-state index contributed by atoms with van der Waals surface area (Å²) in [6.07, 6.45) is 6.64. The van der Waals surface area contributed by atoms with E-state index in [9.17, 15) is 0 Å². The molecule has 0 spiro atoms. The third kappa shape index (κ3) is 2.38. The highest BCUT2D eigenvalue weighted by molar-refractivity contribution is 5.41. The molecule has 0 saturated heterocycles. The Labute approximate surface area is 107 Å². The molecule has 0 unspecified atom stereocenters. The van der Waals surface area contributed by atoms with Crippen LogP contribution < -0.4 is 5.32 Å². The lowest BCUT2D eigenvalue weighted by molar-refractivity contribution is 0.562. The second-order valence-electron chi connectivity index (χ2n) is 6.20. The van der Waals surface area contributed by atoms with Gasteiger partial charge in [-0.1, -0.05) is 20.8 Å². The molecule has 0 amide bonds. The first-order valence-electron chi connectivity index (χ1n) is 6.60. The Bertz CT molecular complexity index is 561. The van der Waals surface area contributed by atoms with Gasteiger partial charge < -0.3 is 5.32 Å². The number of fused-ring (bicyclic) bond motifs is 1. The van der Waals surface area contributed by atoms with Crippen LogP contribution in [-0.2, 0) is 12.0 Å². The van der Waals surface area contributed by atoms with E-state index in [1.807, 2.05) is 10.7 Å². The highest BCUT2D eigenvalue weighted by Gasteiger charge is 2.20. The monoisotopic (exact) mass is 244 g/mol. The topological polar surface area (TPSA) is 42.2 Å². The van der Waals surface area contributed by atoms with Crippen molar-refractivity contribution < 1.29 is 0 Å². The van der Waals surface area contributed by atoms with Gasteiger partial charge in [0.15, 0.2) is 5.65 Å². The number of nitrogens with zero attached hydrogens (tertiary/aromatic N) is 3. The van der Waals surface area contributed by atoms with Crippen molar-refractivity contribution in [2.75, 3.05) is 0 Å². The largest absolute Gasteiger partial charge is 0.310 e. The predicted molar refractivity (Wildman–Crippen MR) is 71.5 cm³/mol. The summed E-state index contributed by atoms with van der Waals surface area (Å²) >= 11 is 0. The maximum Gasteiger partial charge on any atom is 0.155 e. The van der Waals surface area contributed by atoms with Crippen LogP contribution >= 0.6 is 0 Å². The van der Waals surface area contributed by atoms with E-state index in [-0.39, 0.29) is 5.41 Å². The van der Waals surface area contributed by atoms with Crippen molar-refractivity contribution in [1.29, 1.82) is 0 Å². The van der Waals surface area contributed by atoms with Gasteiger partial charge in [0, 0.05) is 42.0 Å². The van der Waals surface area contributed by atoms with E-state index in [1.165, 1.54) is 18.4 Å². The second kappa shape index (κ2) is 4.05. The zero-order valence-electron chi connectivity index (χ0n) is 11.3. The van der Waals surface area contributed by atoms with E-state index in [2.05, 4.69) is 48.4 Å². The summed E-state index contributed by atoms with van der Waals surface area (Å²) in [6, 6.07) is 2.79. The van der Waals surface area contributed by atoms with E-state index >= 15 is 0 Å². The highest BCUT2D eigenvalue weighted by Crippen LogP contribution is 2.22. The van der Waals surface area contributed by atoms with Gasteiger partial charge >= 0.3 is 0 Å². The lowest BCUT2D eigenvalue weighted by Crippen LogP contribution is -2.16. The van der Waals surface area contributed by atoms with Crippen molar-refractivity contribution >= 4 is 5.65 Å². The van der Waals surface area contributed by atoms with Crippen LogP contribution in [0.1, 0.15) is 44.9 Å². The minimum atomic E-state index is 0.0696. The Morgan fingerprint density at radius 3 is 2.83 bits per heavy atom. The van der Waals surface area contributed by atoms with Crippen molar-refractivity contribution in [3.63, 3.8) is 0 Å². The van der Waals surface area contributed by atoms with E-state index in [4.69, 9.17) is 0 Å². The standard InChI is InChI=1S/C14H20N4/c1-14(2,3)12-6-13-16-8-10(9-18(13)17-12)7-15-11-4-5-11/h6,8-9,11,15H,4-5,7H2,1-3H3. The van der Waals surface area contributed by atoms with Crippen LogP contribution in [0.2, 0.25) is 0 Å². The zero-order valence-corrected chi connectivity index (χ0v) is 11.3. The molecule has 0 bridgehead atoms. The van der Waals surface area contributed by atoms with Crippen LogP contribution in [0.15, 0.2) is 18.5 Å². The van der Waals surface area contributed by atoms with Gasteiger partial charge in [-0.3, -0.25) is 0 Å². The highest BCUT2D eigenvalue weighted by atomic mass is 15.2. The molecule has 0 aliphatic heterocycles. The van der Waals surface area contributed by atoms with Crippen molar-refractivity contribution in [3.05, 3.63) is 29.7 Å². The van der Waals surface area contributed by atoms with Gasteiger partial charge in [0.25, 0.3) is 0 Å². The summed E-state index contributed by atoms with van der Waals surface area (Å²) in [5.41, 5.74) is 3.27. The molecule has 2 heterocycles. The van der Waals surface area contributed by atoms with Gasteiger partial charge in [-0.15, -0.1) is 0 Å². The maximum atomic E-state index is 4.61. The number of aromatic nitrogens is 3. The molecule has 1 N–H and O–H groups in total. The van der Waals surface area contributed by atoms with Crippen molar-refractivity contribution in [2.24, 2.45) is 0 Å². The Hall–Kier alpha value is -1.42. The first kappa shape index (κ1) is 11.7. The van der Waals surface area contributed by atoms with Crippen LogP contribution in [0.4, 0.5) is 0 Å². The van der Waals surface area contributed by atoms with Crippen LogP contribution in [0.3, 0.4) is 0 Å². The Balaban J connectivity index is 1.86. The Morgan fingerprint density at radius 1 is 1.39 bits per heavy atom. The summed E-state index contributed by atoms with van der Waals surface area (Å²) in [6.45, 7) is 7.40. The second-order valence-corrected chi connectivity index (χ2v) is 6.20. The third-order valence-corrected chi connectivity index (χ3v) is 3.31. The van der Waals surface area contributed by atoms with Gasteiger partial charge in [0.2, 0.25) is 0 Å². The first-order valence-corrected chi connectivity index (χ1v) is 6.60. The molecule has 96 valence electrons. The molecule has 4 heteroatoms. The molecule has 1 saturated carbocycles. The fourth-order valence-corrected chi connectivity index (χ4v) is 1.92. The summed E-state index contributed by atoms with van der Waals surface area (Å²) < 4.78 is 1.89. The zero-order chi connectivity index (χ0) is 12.8. The molecule has 0 atom stereocenters. The fourth-order valence-electron chi connectivity index (χ4n) is 1.92. The molecule has 1 fully saturated rings. The van der Waals surface area contributed by atoms with Crippen LogP contribution in [-0.4, -0.2) is 20.6 Å². The Morgan fingerprint density at radius 2 is 2.17 bits per heavy atom. The third-order valence-electron chi connectivity index (χ3n) is 3.31. The van der Waals surface area contributed by atoms with E-state index < -0.39 is 0 Å². The molecule has 4 nitrogen and oxygen atoms in total. The minimum Gasteiger partial charge on any atom is -0.310 e. The molecular weight excluding hydrogens is 224 g/mol. The average Bonchev–Trinajstić information content (AvgIpc) is 3.02. The fraction of sp³-hybridized carbons (Fsp3) is 0.571. The molecule has 1 aliphatic carbocycles. The van der Waals surface area contributed by atoms with Crippen LogP contribution in [0.5, 0.6) is 0 Å². The molecule has 3 rings (SSSR count). The van der Waals surface area contributed by atoms with Crippen LogP contribution in [0, 0.1) is 0 Å². The average molecular weight is 244 g/mol. The lowest BCUT2D eigenvalue weighted by Gasteiger charge is -2.13. The SMILES string of the molecule is CC(C)(C)c1cc2ncc(CNC3CC3)cn2n1. The molecule has 2 aromatic heterocycles. The quantitative estimate of drug-likeness (QED) is 0.900. The van der Waals surface area contributed by atoms with Crippen molar-refractivity contribution in [2.45, 2.75) is 51.6 Å². The number of hydrogen-bond donors (Lipinski definition) is 1. The predicted octanol–water partition coefficient (Wildman–Crippen LogP) is 2.28. The van der Waals surface area contributed by atoms with Gasteiger partial charge in [0.05, 0.1) is 5.69 Å². The Kier molecular flexibility index (Phi) is 2.63. The lowest BCUT2D eigenvalue weighted by atomic mass is 9.93. The summed E-state index contributed by atoms with van der Waals surface area (Å²) in [4.78, 5) is 4.47. The van der Waals surface area contributed by atoms with Crippen molar-refractivity contribution in [3.8, 4) is 0 Å². The number of hydrogen-bond acceptors (Lipinski definition) is 3. The smallest absolute Gasteiger partial charge is 0.155 e. The van der Waals surface area contributed by atoms with Gasteiger partial charge in [0.1, 0.15) is 0 Å². The summed E-state index contributed by atoms with van der Waals surface area (Å²) in [5, 5.41) is 8.11. The molecule has 0 radical (unpaired) electrons. The van der Waals surface area contributed by atoms with E-state index in [0.717, 1.165) is 23.9 Å². The number of nitrogens with one attached hydrogen (secondary N) is 1. The molecule has 18 heavy (non-hydrogen) atoms. The van der Waals surface area contributed by atoms with Gasteiger partial charge in [-0.2, -0.15) is 5.10 Å². The normalized spacial score (nSPS) is 16.4. The van der Waals surface area contributed by atoms with Gasteiger partial charge in [-0.05, 0) is 12.8 Å². The van der Waals surface area contributed by atoms with E-state index in [1.54, 1.807) is 0 Å². The minimum absolute atomic E-state index is 0.0696. The molecule has 0 aromatic carbocycles. The number of rotatable bonds is 3. The van der Waals surface area contributed by atoms with E-state index in [0.29, 0.717) is 0 Å².